The average Bonchev–Trinajstić information content (AvgIpc) is 2.48. The molecule has 0 aromatic heterocycles. The van der Waals surface area contributed by atoms with Crippen LogP contribution in [0.4, 0.5) is 14.0 Å². The highest BCUT2D eigenvalue weighted by atomic mass is 19.1. The summed E-state index contributed by atoms with van der Waals surface area (Å²) in [5, 5.41) is 12.1. The van der Waals surface area contributed by atoms with E-state index >= 15 is 0 Å². The van der Waals surface area contributed by atoms with Gasteiger partial charge >= 0.3 is 12.2 Å². The van der Waals surface area contributed by atoms with Crippen molar-refractivity contribution in [2.75, 3.05) is 6.54 Å². The molecule has 1 aromatic rings. The SMILES string of the molecule is CC(C)(C)OC(=O)N[C@H]1C[C@@H](F)CN(C(=O)O)C1Cc1ccccc1. The minimum atomic E-state index is -1.33. The number of benzene rings is 1. The zero-order chi connectivity index (χ0) is 18.6. The maximum absolute atomic E-state index is 14.0. The average molecular weight is 352 g/mol. The molecule has 7 heteroatoms. The summed E-state index contributed by atoms with van der Waals surface area (Å²) in [6.07, 6.45) is -2.75. The van der Waals surface area contributed by atoms with Gasteiger partial charge in [0.1, 0.15) is 11.8 Å². The number of alkyl carbamates (subject to hydrolysis) is 1. The van der Waals surface area contributed by atoms with Crippen LogP contribution in [0.5, 0.6) is 0 Å². The number of ether oxygens (including phenoxy) is 1. The number of carboxylic acid groups (broad SMARTS) is 1. The first-order chi connectivity index (χ1) is 11.7. The van der Waals surface area contributed by atoms with E-state index in [2.05, 4.69) is 5.32 Å². The van der Waals surface area contributed by atoms with Gasteiger partial charge in [0.25, 0.3) is 0 Å². The third kappa shape index (κ3) is 5.62. The lowest BCUT2D eigenvalue weighted by Crippen LogP contribution is -2.61. The van der Waals surface area contributed by atoms with Gasteiger partial charge in [0.05, 0.1) is 18.6 Å². The minimum absolute atomic E-state index is 0.0561. The first-order valence-corrected chi connectivity index (χ1v) is 8.33. The lowest BCUT2D eigenvalue weighted by atomic mass is 9.90. The number of amides is 2. The summed E-state index contributed by atoms with van der Waals surface area (Å²) in [6, 6.07) is 8.13. The predicted molar refractivity (Wildman–Crippen MR) is 91.3 cm³/mol. The Kier molecular flexibility index (Phi) is 5.87. The first-order valence-electron chi connectivity index (χ1n) is 8.33. The molecule has 1 aliphatic heterocycles. The molecule has 0 aliphatic carbocycles. The molecule has 138 valence electrons. The molecule has 1 fully saturated rings. The highest BCUT2D eigenvalue weighted by Crippen LogP contribution is 2.24. The van der Waals surface area contributed by atoms with Crippen LogP contribution >= 0.6 is 0 Å². The minimum Gasteiger partial charge on any atom is -0.465 e. The van der Waals surface area contributed by atoms with Crippen LogP contribution < -0.4 is 5.32 Å². The summed E-state index contributed by atoms with van der Waals surface area (Å²) in [5.41, 5.74) is 0.238. The number of carbonyl (C=O) groups is 2. The second-order valence-electron chi connectivity index (χ2n) is 7.28. The fraction of sp³-hybridized carbons (Fsp3) is 0.556. The van der Waals surface area contributed by atoms with E-state index in [0.29, 0.717) is 6.42 Å². The number of likely N-dealkylation sites (tertiary alicyclic amines) is 1. The number of carbonyl (C=O) groups excluding carboxylic acids is 1. The predicted octanol–water partition coefficient (Wildman–Crippen LogP) is 3.21. The molecule has 1 unspecified atom stereocenters. The quantitative estimate of drug-likeness (QED) is 0.875. The van der Waals surface area contributed by atoms with E-state index in [0.717, 1.165) is 10.5 Å². The smallest absolute Gasteiger partial charge is 0.407 e. The maximum Gasteiger partial charge on any atom is 0.407 e. The zero-order valence-electron chi connectivity index (χ0n) is 14.7. The summed E-state index contributed by atoms with van der Waals surface area (Å²) in [6.45, 7) is 5.00. The van der Waals surface area contributed by atoms with Crippen molar-refractivity contribution < 1.29 is 23.8 Å². The molecule has 2 rings (SSSR count). The summed E-state index contributed by atoms with van der Waals surface area (Å²) in [5.74, 6) is 0. The van der Waals surface area contributed by atoms with E-state index < -0.39 is 36.0 Å². The number of nitrogens with one attached hydrogen (secondary N) is 1. The van der Waals surface area contributed by atoms with Gasteiger partial charge in [0.15, 0.2) is 0 Å². The Morgan fingerprint density at radius 2 is 1.96 bits per heavy atom. The number of halogens is 1. The number of piperidine rings is 1. The van der Waals surface area contributed by atoms with Crippen LogP contribution in [0.15, 0.2) is 30.3 Å². The molecule has 0 spiro atoms. The Hall–Kier alpha value is -2.31. The molecule has 2 amide bonds. The normalized spacial score (nSPS) is 23.8. The van der Waals surface area contributed by atoms with Gasteiger partial charge in [0, 0.05) is 6.42 Å². The molecule has 0 bridgehead atoms. The van der Waals surface area contributed by atoms with E-state index in [1.54, 1.807) is 20.8 Å². The van der Waals surface area contributed by atoms with Crippen molar-refractivity contribution in [3.8, 4) is 0 Å². The second-order valence-corrected chi connectivity index (χ2v) is 7.28. The van der Waals surface area contributed by atoms with Crippen molar-refractivity contribution in [3.05, 3.63) is 35.9 Å². The monoisotopic (exact) mass is 352 g/mol. The van der Waals surface area contributed by atoms with Crippen molar-refractivity contribution in [2.24, 2.45) is 0 Å². The number of nitrogens with zero attached hydrogens (tertiary/aromatic N) is 1. The van der Waals surface area contributed by atoms with Crippen molar-refractivity contribution >= 4 is 12.2 Å². The van der Waals surface area contributed by atoms with Crippen LogP contribution in [0.2, 0.25) is 0 Å². The van der Waals surface area contributed by atoms with E-state index in [1.807, 2.05) is 30.3 Å². The summed E-state index contributed by atoms with van der Waals surface area (Å²) >= 11 is 0. The first kappa shape index (κ1) is 19.0. The molecular weight excluding hydrogens is 327 g/mol. The van der Waals surface area contributed by atoms with Gasteiger partial charge in [-0.25, -0.2) is 14.0 Å². The number of hydrogen-bond donors (Lipinski definition) is 2. The van der Waals surface area contributed by atoms with Gasteiger partial charge in [-0.05, 0) is 32.8 Å². The molecule has 1 saturated heterocycles. The third-order valence-electron chi connectivity index (χ3n) is 4.00. The molecule has 6 nitrogen and oxygen atoms in total. The van der Waals surface area contributed by atoms with Gasteiger partial charge < -0.3 is 20.1 Å². The van der Waals surface area contributed by atoms with Gasteiger partial charge in [-0.1, -0.05) is 30.3 Å². The van der Waals surface area contributed by atoms with Gasteiger partial charge in [-0.15, -0.1) is 0 Å². The molecule has 1 heterocycles. The van der Waals surface area contributed by atoms with Crippen LogP contribution in [-0.2, 0) is 11.2 Å². The lowest BCUT2D eigenvalue weighted by Gasteiger charge is -2.41. The number of hydrogen-bond acceptors (Lipinski definition) is 3. The van der Waals surface area contributed by atoms with Crippen molar-refractivity contribution in [3.63, 3.8) is 0 Å². The highest BCUT2D eigenvalue weighted by molar-refractivity contribution is 5.69. The van der Waals surface area contributed by atoms with Crippen molar-refractivity contribution in [1.29, 1.82) is 0 Å². The molecule has 25 heavy (non-hydrogen) atoms. The standard InChI is InChI=1S/C18H25FN2O4/c1-18(2,3)25-16(22)20-14-10-13(19)11-21(17(23)24)15(14)9-12-7-5-4-6-8-12/h4-8,13-15H,9-11H2,1-3H3,(H,20,22)(H,23,24)/t13-,14+,15?/m1/s1. The fourth-order valence-electron chi connectivity index (χ4n) is 3.02. The van der Waals surface area contributed by atoms with Crippen LogP contribution in [0.25, 0.3) is 0 Å². The largest absolute Gasteiger partial charge is 0.465 e. The summed E-state index contributed by atoms with van der Waals surface area (Å²) < 4.78 is 19.3. The van der Waals surface area contributed by atoms with Gasteiger partial charge in [-0.3, -0.25) is 0 Å². The Morgan fingerprint density at radius 3 is 2.52 bits per heavy atom. The summed E-state index contributed by atoms with van der Waals surface area (Å²) in [4.78, 5) is 24.7. The third-order valence-corrected chi connectivity index (χ3v) is 4.00. The Morgan fingerprint density at radius 1 is 1.32 bits per heavy atom. The molecule has 1 aromatic carbocycles. The van der Waals surface area contributed by atoms with Crippen molar-refractivity contribution in [2.45, 2.75) is 57.5 Å². The zero-order valence-corrected chi connectivity index (χ0v) is 14.7. The van der Waals surface area contributed by atoms with Crippen LogP contribution in [-0.4, -0.2) is 52.6 Å². The van der Waals surface area contributed by atoms with Crippen molar-refractivity contribution in [1.82, 2.24) is 10.2 Å². The van der Waals surface area contributed by atoms with Crippen LogP contribution in [0, 0.1) is 0 Å². The molecule has 1 aliphatic rings. The summed E-state index contributed by atoms with van der Waals surface area (Å²) in [7, 11) is 0. The van der Waals surface area contributed by atoms with E-state index in [9.17, 15) is 19.1 Å². The van der Waals surface area contributed by atoms with E-state index in [4.69, 9.17) is 4.74 Å². The molecule has 0 radical (unpaired) electrons. The number of rotatable bonds is 3. The topological polar surface area (TPSA) is 78.9 Å². The molecule has 2 N–H and O–H groups in total. The van der Waals surface area contributed by atoms with E-state index in [1.165, 1.54) is 0 Å². The molecule has 0 saturated carbocycles. The lowest BCUT2D eigenvalue weighted by molar-refractivity contribution is 0.0294. The molecule has 3 atom stereocenters. The maximum atomic E-state index is 14.0. The second kappa shape index (κ2) is 7.72. The van der Waals surface area contributed by atoms with Gasteiger partial charge in [0.2, 0.25) is 0 Å². The number of alkyl halides is 1. The molecular formula is C18H25FN2O4. The Balaban J connectivity index is 2.19. The highest BCUT2D eigenvalue weighted by Gasteiger charge is 2.40. The fourth-order valence-corrected chi connectivity index (χ4v) is 3.02. The Bertz CT molecular complexity index is 603. The van der Waals surface area contributed by atoms with Crippen LogP contribution in [0.1, 0.15) is 32.8 Å². The van der Waals surface area contributed by atoms with E-state index in [-0.39, 0.29) is 13.0 Å². The van der Waals surface area contributed by atoms with Crippen LogP contribution in [0.3, 0.4) is 0 Å². The van der Waals surface area contributed by atoms with Gasteiger partial charge in [-0.2, -0.15) is 0 Å². The Labute approximate surface area is 147 Å².